The lowest BCUT2D eigenvalue weighted by atomic mass is 9.82. The van der Waals surface area contributed by atoms with E-state index in [1.165, 1.54) is 12.8 Å². The molecule has 1 aliphatic carbocycles. The minimum atomic E-state index is 0.587. The van der Waals surface area contributed by atoms with Gasteiger partial charge in [-0.05, 0) is 29.6 Å². The van der Waals surface area contributed by atoms with E-state index < -0.39 is 0 Å². The summed E-state index contributed by atoms with van der Waals surface area (Å²) in [6.45, 7) is 11.9. The number of hydrogen-bond donors (Lipinski definition) is 0. The van der Waals surface area contributed by atoms with Gasteiger partial charge in [-0.15, -0.1) is 0 Å². The zero-order valence-electron chi connectivity index (χ0n) is 7.99. The first-order chi connectivity index (χ1) is 4.33. The third-order valence-corrected chi connectivity index (χ3v) is 3.13. The van der Waals surface area contributed by atoms with E-state index in [9.17, 15) is 0 Å². The average molecular weight is 140 g/mol. The van der Waals surface area contributed by atoms with Gasteiger partial charge in [0.05, 0.1) is 0 Å². The minimum absolute atomic E-state index is 0.587. The Morgan fingerprint density at radius 2 is 1.60 bits per heavy atom. The van der Waals surface area contributed by atoms with Gasteiger partial charge in [-0.1, -0.05) is 34.6 Å². The average Bonchev–Trinajstić information content (AvgIpc) is 1.73. The summed E-state index contributed by atoms with van der Waals surface area (Å²) in [5.74, 6) is 0.905. The van der Waals surface area contributed by atoms with E-state index in [1.54, 1.807) is 0 Å². The Kier molecular flexibility index (Phi) is 1.61. The van der Waals surface area contributed by atoms with Crippen molar-refractivity contribution >= 4 is 0 Å². The normalized spacial score (nSPS) is 36.3. The first-order valence-electron chi connectivity index (χ1n) is 4.33. The molecule has 60 valence electrons. The fourth-order valence-corrected chi connectivity index (χ4v) is 2.58. The van der Waals surface area contributed by atoms with Crippen LogP contribution in [0.2, 0.25) is 0 Å². The summed E-state index contributed by atoms with van der Waals surface area (Å²) in [5, 5.41) is 0. The lowest BCUT2D eigenvalue weighted by Crippen LogP contribution is -2.14. The molecular formula is C10H20. The third-order valence-electron chi connectivity index (χ3n) is 3.13. The van der Waals surface area contributed by atoms with Gasteiger partial charge in [-0.2, -0.15) is 0 Å². The Bertz CT molecular complexity index is 131. The van der Waals surface area contributed by atoms with E-state index in [0.717, 1.165) is 5.92 Å². The summed E-state index contributed by atoms with van der Waals surface area (Å²) in [6, 6.07) is 0. The van der Waals surface area contributed by atoms with Gasteiger partial charge in [-0.25, -0.2) is 0 Å². The molecule has 0 heterocycles. The second-order valence-corrected chi connectivity index (χ2v) is 5.43. The van der Waals surface area contributed by atoms with Crippen molar-refractivity contribution in [3.63, 3.8) is 0 Å². The van der Waals surface area contributed by atoms with Crippen LogP contribution < -0.4 is 0 Å². The molecule has 0 aromatic heterocycles. The van der Waals surface area contributed by atoms with Gasteiger partial charge >= 0.3 is 0 Å². The summed E-state index contributed by atoms with van der Waals surface area (Å²) >= 11 is 0. The van der Waals surface area contributed by atoms with Gasteiger partial charge in [-0.3, -0.25) is 0 Å². The van der Waals surface area contributed by atoms with Crippen LogP contribution in [-0.2, 0) is 0 Å². The van der Waals surface area contributed by atoms with Crippen LogP contribution >= 0.6 is 0 Å². The van der Waals surface area contributed by atoms with Gasteiger partial charge in [0.2, 0.25) is 0 Å². The lowest BCUT2D eigenvalue weighted by molar-refractivity contribution is 0.267. The molecule has 0 heteroatoms. The van der Waals surface area contributed by atoms with Crippen molar-refractivity contribution in [2.24, 2.45) is 16.7 Å². The van der Waals surface area contributed by atoms with Gasteiger partial charge in [0.15, 0.2) is 0 Å². The van der Waals surface area contributed by atoms with Gasteiger partial charge in [0.1, 0.15) is 0 Å². The molecule has 0 amide bonds. The molecule has 0 N–H and O–H groups in total. The molecule has 0 radical (unpaired) electrons. The Hall–Kier alpha value is 0. The smallest absolute Gasteiger partial charge is 0.0323 e. The molecule has 1 atom stereocenters. The monoisotopic (exact) mass is 140 g/mol. The Morgan fingerprint density at radius 1 is 1.10 bits per heavy atom. The maximum absolute atomic E-state index is 2.40. The zero-order chi connectivity index (χ0) is 7.99. The van der Waals surface area contributed by atoms with E-state index in [2.05, 4.69) is 34.6 Å². The molecule has 1 fully saturated rings. The van der Waals surface area contributed by atoms with Crippen molar-refractivity contribution in [3.8, 4) is 0 Å². The van der Waals surface area contributed by atoms with Gasteiger partial charge in [0, 0.05) is 0 Å². The van der Waals surface area contributed by atoms with Crippen molar-refractivity contribution in [2.75, 3.05) is 0 Å². The highest BCUT2D eigenvalue weighted by Crippen LogP contribution is 2.52. The second-order valence-electron chi connectivity index (χ2n) is 5.43. The largest absolute Gasteiger partial charge is 0.0620 e. The van der Waals surface area contributed by atoms with E-state index in [0.29, 0.717) is 10.8 Å². The van der Waals surface area contributed by atoms with Gasteiger partial charge < -0.3 is 0 Å². The van der Waals surface area contributed by atoms with Crippen LogP contribution in [0.5, 0.6) is 0 Å². The van der Waals surface area contributed by atoms with Crippen LogP contribution in [0.25, 0.3) is 0 Å². The van der Waals surface area contributed by atoms with Crippen LogP contribution in [0.4, 0.5) is 0 Å². The fraction of sp³-hybridized carbons (Fsp3) is 1.00. The Morgan fingerprint density at radius 3 is 1.70 bits per heavy atom. The van der Waals surface area contributed by atoms with Crippen LogP contribution in [0.3, 0.4) is 0 Å². The highest BCUT2D eigenvalue weighted by atomic mass is 14.5. The zero-order valence-corrected chi connectivity index (χ0v) is 7.99. The maximum atomic E-state index is 2.40. The minimum Gasteiger partial charge on any atom is -0.0620 e. The molecule has 0 spiro atoms. The van der Waals surface area contributed by atoms with Crippen LogP contribution in [0.1, 0.15) is 47.5 Å². The quantitative estimate of drug-likeness (QED) is 0.483. The number of hydrogen-bond acceptors (Lipinski definition) is 0. The molecule has 1 unspecified atom stereocenters. The van der Waals surface area contributed by atoms with E-state index in [1.807, 2.05) is 0 Å². The molecule has 1 rings (SSSR count). The molecule has 0 aromatic rings. The molecule has 0 nitrogen and oxygen atoms in total. The summed E-state index contributed by atoms with van der Waals surface area (Å²) in [7, 11) is 0. The Labute approximate surface area is 65.0 Å². The lowest BCUT2D eigenvalue weighted by Gasteiger charge is -2.23. The molecule has 0 aromatic carbocycles. The standard InChI is InChI=1S/C10H20/c1-8-6-9(2,3)7-10(8,4)5/h8H,6-7H2,1-5H3. The van der Waals surface area contributed by atoms with E-state index in [4.69, 9.17) is 0 Å². The predicted molar refractivity (Wildman–Crippen MR) is 46.0 cm³/mol. The topological polar surface area (TPSA) is 0 Å². The molecular weight excluding hydrogens is 120 g/mol. The van der Waals surface area contributed by atoms with Crippen molar-refractivity contribution in [1.82, 2.24) is 0 Å². The summed E-state index contributed by atoms with van der Waals surface area (Å²) < 4.78 is 0. The summed E-state index contributed by atoms with van der Waals surface area (Å²) in [5.41, 5.74) is 1.19. The highest BCUT2D eigenvalue weighted by molar-refractivity contribution is 4.92. The van der Waals surface area contributed by atoms with Crippen molar-refractivity contribution in [1.29, 1.82) is 0 Å². The molecule has 10 heavy (non-hydrogen) atoms. The molecule has 0 saturated heterocycles. The number of rotatable bonds is 0. The van der Waals surface area contributed by atoms with E-state index in [-0.39, 0.29) is 0 Å². The first-order valence-corrected chi connectivity index (χ1v) is 4.33. The SMILES string of the molecule is CC1CC(C)(C)CC1(C)C. The maximum Gasteiger partial charge on any atom is -0.0323 e. The Balaban J connectivity index is 2.71. The van der Waals surface area contributed by atoms with Crippen LogP contribution in [0.15, 0.2) is 0 Å². The molecule has 1 aliphatic rings. The van der Waals surface area contributed by atoms with E-state index >= 15 is 0 Å². The fourth-order valence-electron chi connectivity index (χ4n) is 2.58. The van der Waals surface area contributed by atoms with Crippen molar-refractivity contribution < 1.29 is 0 Å². The molecule has 0 aliphatic heterocycles. The van der Waals surface area contributed by atoms with Crippen molar-refractivity contribution in [2.45, 2.75) is 47.5 Å². The summed E-state index contributed by atoms with van der Waals surface area (Å²) in [6.07, 6.45) is 2.79. The second kappa shape index (κ2) is 1.99. The van der Waals surface area contributed by atoms with Crippen LogP contribution in [0, 0.1) is 16.7 Å². The van der Waals surface area contributed by atoms with Gasteiger partial charge in [0.25, 0.3) is 0 Å². The third kappa shape index (κ3) is 1.36. The molecule has 1 saturated carbocycles. The van der Waals surface area contributed by atoms with Crippen LogP contribution in [-0.4, -0.2) is 0 Å². The highest BCUT2D eigenvalue weighted by Gasteiger charge is 2.41. The summed E-state index contributed by atoms with van der Waals surface area (Å²) in [4.78, 5) is 0. The van der Waals surface area contributed by atoms with Crippen molar-refractivity contribution in [3.05, 3.63) is 0 Å². The predicted octanol–water partition coefficient (Wildman–Crippen LogP) is 3.47. The molecule has 0 bridgehead atoms. The first kappa shape index (κ1) is 8.10.